The van der Waals surface area contributed by atoms with Gasteiger partial charge in [-0.05, 0) is 48.9 Å². The summed E-state index contributed by atoms with van der Waals surface area (Å²) in [6.07, 6.45) is 0. The summed E-state index contributed by atoms with van der Waals surface area (Å²) >= 11 is 0. The van der Waals surface area contributed by atoms with E-state index >= 15 is 0 Å². The van der Waals surface area contributed by atoms with Crippen LogP contribution in [0.5, 0.6) is 5.75 Å². The predicted octanol–water partition coefficient (Wildman–Crippen LogP) is 3.30. The van der Waals surface area contributed by atoms with E-state index in [1.165, 1.54) is 0 Å². The highest BCUT2D eigenvalue weighted by molar-refractivity contribution is 6.12. The number of hydrogen-bond donors (Lipinski definition) is 2. The van der Waals surface area contributed by atoms with Crippen LogP contribution >= 0.6 is 0 Å². The number of nitrogens with zero attached hydrogens (tertiary/aromatic N) is 1. The summed E-state index contributed by atoms with van der Waals surface area (Å²) in [6, 6.07) is 14.3. The molecule has 1 amide bonds. The Kier molecular flexibility index (Phi) is 4.44. The number of benzene rings is 2. The lowest BCUT2D eigenvalue weighted by atomic mass is 10.1. The van der Waals surface area contributed by atoms with E-state index in [-0.39, 0.29) is 12.5 Å². The molecule has 0 radical (unpaired) electrons. The molecule has 0 saturated carbocycles. The van der Waals surface area contributed by atoms with Gasteiger partial charge in [-0.15, -0.1) is 0 Å². The van der Waals surface area contributed by atoms with Crippen molar-refractivity contribution in [3.63, 3.8) is 0 Å². The number of pyridine rings is 1. The number of aryl methyl sites for hydroxylation is 1. The van der Waals surface area contributed by atoms with Gasteiger partial charge in [-0.2, -0.15) is 0 Å². The normalized spacial score (nSPS) is 10.6. The second kappa shape index (κ2) is 6.68. The highest BCUT2D eigenvalue weighted by atomic mass is 16.5. The largest absolute Gasteiger partial charge is 0.497 e. The van der Waals surface area contributed by atoms with E-state index in [0.717, 1.165) is 22.2 Å². The molecule has 0 spiro atoms. The van der Waals surface area contributed by atoms with Gasteiger partial charge in [0, 0.05) is 16.8 Å². The first-order valence-corrected chi connectivity index (χ1v) is 7.57. The van der Waals surface area contributed by atoms with Crippen molar-refractivity contribution in [3.05, 3.63) is 65.4 Å². The van der Waals surface area contributed by atoms with Crippen molar-refractivity contribution in [1.82, 2.24) is 4.98 Å². The number of hydrogen-bond acceptors (Lipinski definition) is 4. The lowest BCUT2D eigenvalue weighted by Gasteiger charge is -2.11. The third-order valence-corrected chi connectivity index (χ3v) is 3.76. The zero-order chi connectivity index (χ0) is 17.1. The number of aliphatic hydroxyl groups is 1. The van der Waals surface area contributed by atoms with Crippen LogP contribution in [0.3, 0.4) is 0 Å². The number of anilines is 1. The maximum absolute atomic E-state index is 12.7. The number of methoxy groups -OCH3 is 1. The van der Waals surface area contributed by atoms with Gasteiger partial charge in [-0.1, -0.05) is 12.1 Å². The van der Waals surface area contributed by atoms with Gasteiger partial charge < -0.3 is 15.2 Å². The van der Waals surface area contributed by atoms with E-state index in [9.17, 15) is 9.90 Å². The maximum Gasteiger partial charge on any atom is 0.256 e. The van der Waals surface area contributed by atoms with Crippen molar-refractivity contribution in [2.45, 2.75) is 13.5 Å². The minimum absolute atomic E-state index is 0.0712. The number of nitrogens with one attached hydrogen (secondary N) is 1. The van der Waals surface area contributed by atoms with Crippen LogP contribution in [-0.4, -0.2) is 23.1 Å². The molecule has 0 unspecified atom stereocenters. The van der Waals surface area contributed by atoms with Crippen LogP contribution in [0.15, 0.2) is 48.5 Å². The summed E-state index contributed by atoms with van der Waals surface area (Å²) in [5.74, 6) is 0.443. The molecule has 5 nitrogen and oxygen atoms in total. The fourth-order valence-corrected chi connectivity index (χ4v) is 2.60. The van der Waals surface area contributed by atoms with Crippen LogP contribution in [0.25, 0.3) is 10.9 Å². The van der Waals surface area contributed by atoms with E-state index in [4.69, 9.17) is 4.74 Å². The fourth-order valence-electron chi connectivity index (χ4n) is 2.60. The zero-order valence-corrected chi connectivity index (χ0v) is 13.5. The maximum atomic E-state index is 12.7. The van der Waals surface area contributed by atoms with Crippen molar-refractivity contribution >= 4 is 22.5 Å². The summed E-state index contributed by atoms with van der Waals surface area (Å²) < 4.78 is 5.25. The second-order valence-corrected chi connectivity index (χ2v) is 5.51. The number of ether oxygens (including phenoxy) is 1. The molecule has 0 aliphatic rings. The fraction of sp³-hybridized carbons (Fsp3) is 0.158. The Morgan fingerprint density at radius 2 is 2.04 bits per heavy atom. The molecule has 24 heavy (non-hydrogen) atoms. The third-order valence-electron chi connectivity index (χ3n) is 3.76. The molecule has 0 bridgehead atoms. The Morgan fingerprint density at radius 1 is 1.21 bits per heavy atom. The van der Waals surface area contributed by atoms with E-state index < -0.39 is 0 Å². The first-order valence-electron chi connectivity index (χ1n) is 7.57. The van der Waals surface area contributed by atoms with Gasteiger partial charge in [0.05, 0.1) is 24.8 Å². The van der Waals surface area contributed by atoms with Gasteiger partial charge in [0.2, 0.25) is 0 Å². The van der Waals surface area contributed by atoms with E-state index in [1.807, 2.05) is 19.1 Å². The average molecular weight is 322 g/mol. The topological polar surface area (TPSA) is 71.5 Å². The molecule has 0 fully saturated rings. The number of aromatic nitrogens is 1. The molecule has 0 aliphatic heterocycles. The Labute approximate surface area is 139 Å². The van der Waals surface area contributed by atoms with Crippen molar-refractivity contribution in [1.29, 1.82) is 0 Å². The highest BCUT2D eigenvalue weighted by Crippen LogP contribution is 2.24. The van der Waals surface area contributed by atoms with Gasteiger partial charge >= 0.3 is 0 Å². The Bertz CT molecular complexity index is 906. The van der Waals surface area contributed by atoms with Gasteiger partial charge in [0.25, 0.3) is 5.91 Å². The number of rotatable bonds is 4. The van der Waals surface area contributed by atoms with E-state index in [1.54, 1.807) is 43.5 Å². The van der Waals surface area contributed by atoms with Crippen LogP contribution in [0, 0.1) is 6.92 Å². The first-order chi connectivity index (χ1) is 11.6. The number of fused-ring (bicyclic) bond motifs is 1. The van der Waals surface area contributed by atoms with Crippen molar-refractivity contribution in [2.24, 2.45) is 0 Å². The molecule has 122 valence electrons. The van der Waals surface area contributed by atoms with Crippen LogP contribution in [0.1, 0.15) is 21.6 Å². The second-order valence-electron chi connectivity index (χ2n) is 5.51. The van der Waals surface area contributed by atoms with Crippen LogP contribution in [0.4, 0.5) is 5.69 Å². The molecule has 2 N–H and O–H groups in total. The SMILES string of the molecule is COc1ccc2nc(C)cc(C(=O)Nc3cccc(CO)c3)c2c1. The summed E-state index contributed by atoms with van der Waals surface area (Å²) in [7, 11) is 1.59. The molecular weight excluding hydrogens is 304 g/mol. The first kappa shape index (κ1) is 16.0. The Hall–Kier alpha value is -2.92. The lowest BCUT2D eigenvalue weighted by Crippen LogP contribution is -2.13. The van der Waals surface area contributed by atoms with Crippen LogP contribution < -0.4 is 10.1 Å². The molecule has 2 aromatic carbocycles. The standard InChI is InChI=1S/C19H18N2O3/c1-12-8-17(16-10-15(24-2)6-7-18(16)20-12)19(23)21-14-5-3-4-13(9-14)11-22/h3-10,22H,11H2,1-2H3,(H,21,23). The lowest BCUT2D eigenvalue weighted by molar-refractivity contribution is 0.102. The smallest absolute Gasteiger partial charge is 0.256 e. The highest BCUT2D eigenvalue weighted by Gasteiger charge is 2.13. The molecule has 3 aromatic rings. The number of carbonyl (C=O) groups is 1. The summed E-state index contributed by atoms with van der Waals surface area (Å²) in [5, 5.41) is 12.8. The monoisotopic (exact) mass is 322 g/mol. The summed E-state index contributed by atoms with van der Waals surface area (Å²) in [5.41, 5.74) is 3.42. The van der Waals surface area contributed by atoms with Gasteiger partial charge in [0.15, 0.2) is 0 Å². The summed E-state index contributed by atoms with van der Waals surface area (Å²) in [6.45, 7) is 1.78. The zero-order valence-electron chi connectivity index (χ0n) is 13.5. The molecule has 3 rings (SSSR count). The minimum Gasteiger partial charge on any atom is -0.497 e. The van der Waals surface area contributed by atoms with Crippen LogP contribution in [0.2, 0.25) is 0 Å². The molecule has 0 aliphatic carbocycles. The van der Waals surface area contributed by atoms with Crippen molar-refractivity contribution in [2.75, 3.05) is 12.4 Å². The molecule has 1 heterocycles. The molecule has 0 atom stereocenters. The molecule has 1 aromatic heterocycles. The average Bonchev–Trinajstić information content (AvgIpc) is 2.60. The van der Waals surface area contributed by atoms with E-state index in [0.29, 0.717) is 17.0 Å². The quantitative estimate of drug-likeness (QED) is 0.773. The number of aliphatic hydroxyl groups excluding tert-OH is 1. The van der Waals surface area contributed by atoms with Gasteiger partial charge in [0.1, 0.15) is 5.75 Å². The van der Waals surface area contributed by atoms with Crippen molar-refractivity contribution < 1.29 is 14.6 Å². The van der Waals surface area contributed by atoms with Crippen molar-refractivity contribution in [3.8, 4) is 5.75 Å². The molecule has 5 heteroatoms. The minimum atomic E-state index is -0.228. The van der Waals surface area contributed by atoms with Crippen LogP contribution in [-0.2, 0) is 6.61 Å². The third kappa shape index (κ3) is 3.21. The number of amides is 1. The van der Waals surface area contributed by atoms with Gasteiger partial charge in [-0.25, -0.2) is 0 Å². The Morgan fingerprint density at radius 3 is 2.79 bits per heavy atom. The van der Waals surface area contributed by atoms with E-state index in [2.05, 4.69) is 10.3 Å². The summed E-state index contributed by atoms with van der Waals surface area (Å²) in [4.78, 5) is 17.2. The molecule has 0 saturated heterocycles. The number of carbonyl (C=O) groups excluding carboxylic acids is 1. The van der Waals surface area contributed by atoms with Gasteiger partial charge in [-0.3, -0.25) is 9.78 Å². The molecular formula is C19H18N2O3. The Balaban J connectivity index is 2.02. The predicted molar refractivity (Wildman–Crippen MR) is 93.4 cm³/mol.